The monoisotopic (exact) mass is 474 g/mol. The van der Waals surface area contributed by atoms with Crippen LogP contribution in [0.5, 0.6) is 5.75 Å². The van der Waals surface area contributed by atoms with E-state index >= 15 is 0 Å². The number of benzene rings is 1. The number of guanidine groups is 1. The van der Waals surface area contributed by atoms with Gasteiger partial charge in [-0.25, -0.2) is 9.98 Å². The molecule has 7 heteroatoms. The lowest BCUT2D eigenvalue weighted by molar-refractivity contribution is 0.414. The number of aliphatic imine (C=N–C) groups is 1. The molecule has 0 bridgehead atoms. The second-order valence-electron chi connectivity index (χ2n) is 5.31. The predicted octanol–water partition coefficient (Wildman–Crippen LogP) is 3.63. The fraction of sp³-hybridized carbons (Fsp3) is 0.444. The summed E-state index contributed by atoms with van der Waals surface area (Å²) in [6.45, 7) is 6.47. The maximum atomic E-state index is 5.25. The molecule has 0 saturated carbocycles. The lowest BCUT2D eigenvalue weighted by Gasteiger charge is -2.11. The third-order valence-corrected chi connectivity index (χ3v) is 4.52. The van der Waals surface area contributed by atoms with Gasteiger partial charge in [-0.1, -0.05) is 19.1 Å². The van der Waals surface area contributed by atoms with E-state index in [9.17, 15) is 0 Å². The molecule has 0 amide bonds. The van der Waals surface area contributed by atoms with Crippen LogP contribution in [0.1, 0.15) is 30.1 Å². The van der Waals surface area contributed by atoms with Crippen LogP contribution >= 0.6 is 35.3 Å². The fourth-order valence-corrected chi connectivity index (χ4v) is 3.00. The number of hydrogen-bond donors (Lipinski definition) is 2. The van der Waals surface area contributed by atoms with Crippen molar-refractivity contribution in [1.82, 2.24) is 15.6 Å². The number of aryl methyl sites for hydroxylation is 1. The Hall–Kier alpha value is -1.35. The second kappa shape index (κ2) is 12.1. The van der Waals surface area contributed by atoms with E-state index in [4.69, 9.17) is 4.74 Å². The van der Waals surface area contributed by atoms with Gasteiger partial charge < -0.3 is 15.4 Å². The minimum absolute atomic E-state index is 0. The lowest BCUT2D eigenvalue weighted by atomic mass is 10.2. The van der Waals surface area contributed by atoms with E-state index in [1.54, 1.807) is 18.4 Å². The molecule has 0 saturated heterocycles. The van der Waals surface area contributed by atoms with E-state index in [1.807, 2.05) is 18.2 Å². The van der Waals surface area contributed by atoms with Crippen LogP contribution in [0.3, 0.4) is 0 Å². The average Bonchev–Trinajstić information content (AvgIpc) is 3.08. The molecule has 5 nitrogen and oxygen atoms in total. The smallest absolute Gasteiger partial charge is 0.191 e. The first-order valence-electron chi connectivity index (χ1n) is 8.33. The highest BCUT2D eigenvalue weighted by Gasteiger charge is 2.02. The quantitative estimate of drug-likeness (QED) is 0.349. The Morgan fingerprint density at radius 3 is 2.80 bits per heavy atom. The molecule has 0 aliphatic heterocycles. The van der Waals surface area contributed by atoms with Gasteiger partial charge in [0.15, 0.2) is 5.96 Å². The minimum Gasteiger partial charge on any atom is -0.497 e. The van der Waals surface area contributed by atoms with Crippen molar-refractivity contribution in [2.75, 3.05) is 20.2 Å². The van der Waals surface area contributed by atoms with Gasteiger partial charge in [0.05, 0.1) is 24.4 Å². The molecule has 25 heavy (non-hydrogen) atoms. The third-order valence-electron chi connectivity index (χ3n) is 3.47. The third kappa shape index (κ3) is 7.60. The molecule has 2 aromatic rings. The number of halogens is 1. The van der Waals surface area contributed by atoms with Crippen LogP contribution in [-0.4, -0.2) is 31.1 Å². The lowest BCUT2D eigenvalue weighted by Crippen LogP contribution is -2.38. The van der Waals surface area contributed by atoms with Crippen molar-refractivity contribution in [3.05, 3.63) is 45.9 Å². The van der Waals surface area contributed by atoms with E-state index in [-0.39, 0.29) is 24.0 Å². The molecule has 0 spiro atoms. The van der Waals surface area contributed by atoms with Crippen LogP contribution in [0.25, 0.3) is 0 Å². The van der Waals surface area contributed by atoms with E-state index in [0.29, 0.717) is 6.54 Å². The summed E-state index contributed by atoms with van der Waals surface area (Å²) in [5.41, 5.74) is 2.27. The van der Waals surface area contributed by atoms with Crippen LogP contribution in [0, 0.1) is 0 Å². The number of nitrogens with zero attached hydrogens (tertiary/aromatic N) is 2. The van der Waals surface area contributed by atoms with Gasteiger partial charge in [-0.15, -0.1) is 35.3 Å². The molecule has 138 valence electrons. The maximum Gasteiger partial charge on any atom is 0.191 e. The Labute approximate surface area is 171 Å². The summed E-state index contributed by atoms with van der Waals surface area (Å²) in [6.07, 6.45) is 1.91. The molecule has 0 aliphatic carbocycles. The number of nitrogens with one attached hydrogen (secondary N) is 2. The van der Waals surface area contributed by atoms with Gasteiger partial charge in [0, 0.05) is 24.9 Å². The van der Waals surface area contributed by atoms with Gasteiger partial charge in [0.2, 0.25) is 0 Å². The second-order valence-corrected chi connectivity index (χ2v) is 6.25. The Balaban J connectivity index is 0.00000312. The molecule has 0 atom stereocenters. The van der Waals surface area contributed by atoms with Crippen molar-refractivity contribution in [3.8, 4) is 5.75 Å². The number of aromatic nitrogens is 1. The van der Waals surface area contributed by atoms with Gasteiger partial charge in [-0.3, -0.25) is 0 Å². The summed E-state index contributed by atoms with van der Waals surface area (Å²) < 4.78 is 5.25. The van der Waals surface area contributed by atoms with Crippen LogP contribution in [0.2, 0.25) is 0 Å². The Morgan fingerprint density at radius 2 is 2.12 bits per heavy atom. The number of ether oxygens (including phenoxy) is 1. The van der Waals surface area contributed by atoms with Crippen LogP contribution in [-0.2, 0) is 19.4 Å². The maximum absolute atomic E-state index is 5.25. The van der Waals surface area contributed by atoms with Crippen molar-refractivity contribution in [1.29, 1.82) is 0 Å². The zero-order valence-corrected chi connectivity index (χ0v) is 18.2. The topological polar surface area (TPSA) is 58.5 Å². The van der Waals surface area contributed by atoms with E-state index in [2.05, 4.69) is 45.9 Å². The molecule has 2 rings (SSSR count). The molecule has 0 fully saturated rings. The van der Waals surface area contributed by atoms with E-state index in [1.165, 1.54) is 5.01 Å². The Morgan fingerprint density at radius 1 is 1.28 bits per heavy atom. The van der Waals surface area contributed by atoms with Crippen molar-refractivity contribution in [2.24, 2.45) is 4.99 Å². The van der Waals surface area contributed by atoms with Gasteiger partial charge in [-0.2, -0.15) is 0 Å². The molecule has 0 unspecified atom stereocenters. The van der Waals surface area contributed by atoms with Gasteiger partial charge in [0.25, 0.3) is 0 Å². The van der Waals surface area contributed by atoms with Crippen LogP contribution < -0.4 is 15.4 Å². The SMILES string of the molecule is CCNC(=NCc1cccc(OC)c1)NCCc1csc(CC)n1.I. The van der Waals surface area contributed by atoms with Crippen molar-refractivity contribution >= 4 is 41.3 Å². The van der Waals surface area contributed by atoms with Gasteiger partial charge >= 0.3 is 0 Å². The first-order valence-corrected chi connectivity index (χ1v) is 9.21. The van der Waals surface area contributed by atoms with Crippen LogP contribution in [0.4, 0.5) is 0 Å². The average molecular weight is 474 g/mol. The first-order chi connectivity index (χ1) is 11.7. The fourth-order valence-electron chi connectivity index (χ4n) is 2.22. The highest BCUT2D eigenvalue weighted by molar-refractivity contribution is 14.0. The molecule has 0 radical (unpaired) electrons. The van der Waals surface area contributed by atoms with Gasteiger partial charge in [0.1, 0.15) is 5.75 Å². The summed E-state index contributed by atoms with van der Waals surface area (Å²) in [6, 6.07) is 7.98. The summed E-state index contributed by atoms with van der Waals surface area (Å²) >= 11 is 1.73. The molecular formula is C18H27IN4OS. The Bertz CT molecular complexity index is 660. The molecule has 0 aliphatic rings. The summed E-state index contributed by atoms with van der Waals surface area (Å²) in [4.78, 5) is 9.22. The molecule has 2 N–H and O–H groups in total. The zero-order chi connectivity index (χ0) is 17.2. The highest BCUT2D eigenvalue weighted by Crippen LogP contribution is 2.13. The normalized spacial score (nSPS) is 10.9. The highest BCUT2D eigenvalue weighted by atomic mass is 127. The number of hydrogen-bond acceptors (Lipinski definition) is 4. The molecule has 1 aromatic carbocycles. The zero-order valence-electron chi connectivity index (χ0n) is 15.0. The first kappa shape index (κ1) is 21.7. The standard InChI is InChI=1S/C18H26N4OS.HI/c1-4-17-22-15(13-24-17)9-10-20-18(19-5-2)21-12-14-7-6-8-16(11-14)23-3;/h6-8,11,13H,4-5,9-10,12H2,1-3H3,(H2,19,20,21);1H. The largest absolute Gasteiger partial charge is 0.497 e. The van der Waals surface area contributed by atoms with Gasteiger partial charge in [-0.05, 0) is 31.0 Å². The molecule has 1 aromatic heterocycles. The van der Waals surface area contributed by atoms with Crippen molar-refractivity contribution in [2.45, 2.75) is 33.2 Å². The number of thiazole rings is 1. The predicted molar refractivity (Wildman–Crippen MR) is 116 cm³/mol. The number of methoxy groups -OCH3 is 1. The summed E-state index contributed by atoms with van der Waals surface area (Å²) in [5, 5.41) is 9.98. The van der Waals surface area contributed by atoms with E-state index in [0.717, 1.165) is 48.9 Å². The molecular weight excluding hydrogens is 447 g/mol. The van der Waals surface area contributed by atoms with Crippen molar-refractivity contribution in [3.63, 3.8) is 0 Å². The molecule has 1 heterocycles. The summed E-state index contributed by atoms with van der Waals surface area (Å²) in [5.74, 6) is 1.68. The van der Waals surface area contributed by atoms with E-state index < -0.39 is 0 Å². The Kier molecular flexibility index (Phi) is 10.5. The van der Waals surface area contributed by atoms with Crippen LogP contribution in [0.15, 0.2) is 34.6 Å². The number of rotatable bonds is 8. The summed E-state index contributed by atoms with van der Waals surface area (Å²) in [7, 11) is 1.68. The van der Waals surface area contributed by atoms with Crippen molar-refractivity contribution < 1.29 is 4.74 Å². The minimum atomic E-state index is 0.